The molecule has 1 aliphatic heterocycles. The highest BCUT2D eigenvalue weighted by molar-refractivity contribution is 9.10. The molecule has 1 heterocycles. The Bertz CT molecular complexity index is 346. The van der Waals surface area contributed by atoms with E-state index < -0.39 is 25.6 Å². The van der Waals surface area contributed by atoms with Gasteiger partial charge in [-0.05, 0) is 20.8 Å². The maximum absolute atomic E-state index is 12.1. The standard InChI is InChI=1S/C9H10BrCl3O3/c1-7(2)4(14)8(3,10)5(9(11,12)13)16-6(7)15/h5H,1-3H3/t5-,8+/m0/s1. The van der Waals surface area contributed by atoms with Gasteiger partial charge in [-0.2, -0.15) is 0 Å². The van der Waals surface area contributed by atoms with Crippen LogP contribution in [0.2, 0.25) is 0 Å². The molecule has 0 amide bonds. The molecule has 1 saturated heterocycles. The van der Waals surface area contributed by atoms with Gasteiger partial charge in [-0.25, -0.2) is 0 Å². The van der Waals surface area contributed by atoms with E-state index in [0.717, 1.165) is 0 Å². The lowest BCUT2D eigenvalue weighted by Crippen LogP contribution is -2.62. The number of halogens is 4. The van der Waals surface area contributed by atoms with Gasteiger partial charge in [0.1, 0.15) is 9.74 Å². The van der Waals surface area contributed by atoms with Crippen LogP contribution < -0.4 is 0 Å². The number of carbonyl (C=O) groups is 2. The molecule has 0 bridgehead atoms. The number of carbonyl (C=O) groups excluding carboxylic acids is 2. The van der Waals surface area contributed by atoms with Crippen LogP contribution in [0.1, 0.15) is 20.8 Å². The summed E-state index contributed by atoms with van der Waals surface area (Å²) >= 11 is 20.3. The first-order chi connectivity index (χ1) is 6.91. The lowest BCUT2D eigenvalue weighted by molar-refractivity contribution is -0.174. The Labute approximate surface area is 117 Å². The highest BCUT2D eigenvalue weighted by Crippen LogP contribution is 2.48. The van der Waals surface area contributed by atoms with Crippen LogP contribution in [0.3, 0.4) is 0 Å². The highest BCUT2D eigenvalue weighted by Gasteiger charge is 2.61. The van der Waals surface area contributed by atoms with Crippen LogP contribution in [-0.4, -0.2) is 26.0 Å². The van der Waals surface area contributed by atoms with Crippen molar-refractivity contribution in [1.29, 1.82) is 0 Å². The third-order valence-electron chi connectivity index (χ3n) is 2.54. The third kappa shape index (κ3) is 2.22. The fourth-order valence-corrected chi connectivity index (χ4v) is 3.68. The zero-order valence-corrected chi connectivity index (χ0v) is 12.7. The molecule has 1 fully saturated rings. The van der Waals surface area contributed by atoms with E-state index in [2.05, 4.69) is 15.9 Å². The number of esters is 1. The minimum absolute atomic E-state index is 0.368. The van der Waals surface area contributed by atoms with Gasteiger partial charge in [-0.3, -0.25) is 9.59 Å². The topological polar surface area (TPSA) is 43.4 Å². The number of ketones is 1. The molecular formula is C9H10BrCl3O3. The van der Waals surface area contributed by atoms with Crippen molar-refractivity contribution < 1.29 is 14.3 Å². The SMILES string of the molecule is CC1(C)C(=O)O[C@H](C(Cl)(Cl)Cl)[C@](C)(Br)C1=O. The zero-order valence-electron chi connectivity index (χ0n) is 8.81. The van der Waals surface area contributed by atoms with E-state index in [1.54, 1.807) is 0 Å². The summed E-state index contributed by atoms with van der Waals surface area (Å²) in [5.74, 6) is -1.06. The van der Waals surface area contributed by atoms with Crippen molar-refractivity contribution >= 4 is 62.5 Å². The van der Waals surface area contributed by atoms with E-state index in [-0.39, 0.29) is 5.78 Å². The van der Waals surface area contributed by atoms with Gasteiger partial charge >= 0.3 is 5.97 Å². The summed E-state index contributed by atoms with van der Waals surface area (Å²) in [5, 5.41) is 0. The van der Waals surface area contributed by atoms with Gasteiger partial charge in [-0.1, -0.05) is 50.7 Å². The summed E-state index contributed by atoms with van der Waals surface area (Å²) in [4.78, 5) is 23.7. The third-order valence-corrected chi connectivity index (χ3v) is 3.91. The molecule has 0 aliphatic carbocycles. The summed E-state index contributed by atoms with van der Waals surface area (Å²) in [6.07, 6.45) is -1.15. The van der Waals surface area contributed by atoms with Crippen LogP contribution >= 0.6 is 50.7 Å². The van der Waals surface area contributed by atoms with Crippen molar-refractivity contribution in [3.63, 3.8) is 0 Å². The fourth-order valence-electron chi connectivity index (χ4n) is 1.56. The normalized spacial score (nSPS) is 34.8. The summed E-state index contributed by atoms with van der Waals surface area (Å²) in [5.41, 5.74) is -1.25. The molecule has 0 unspecified atom stereocenters. The minimum Gasteiger partial charge on any atom is -0.455 e. The van der Waals surface area contributed by atoms with E-state index in [9.17, 15) is 9.59 Å². The molecule has 0 aromatic carbocycles. The Hall–Kier alpha value is 0.490. The van der Waals surface area contributed by atoms with Crippen LogP contribution in [0.25, 0.3) is 0 Å². The first-order valence-electron chi connectivity index (χ1n) is 4.43. The number of hydrogen-bond acceptors (Lipinski definition) is 3. The van der Waals surface area contributed by atoms with E-state index in [1.807, 2.05) is 0 Å². The van der Waals surface area contributed by atoms with Gasteiger partial charge in [0.15, 0.2) is 11.9 Å². The van der Waals surface area contributed by atoms with Crippen LogP contribution in [-0.2, 0) is 14.3 Å². The van der Waals surface area contributed by atoms with Gasteiger partial charge in [0, 0.05) is 0 Å². The fraction of sp³-hybridized carbons (Fsp3) is 0.778. The van der Waals surface area contributed by atoms with Gasteiger partial charge < -0.3 is 4.74 Å². The Morgan fingerprint density at radius 3 is 2.06 bits per heavy atom. The average molecular weight is 352 g/mol. The van der Waals surface area contributed by atoms with Crippen LogP contribution in [0.5, 0.6) is 0 Å². The molecule has 0 aromatic rings. The van der Waals surface area contributed by atoms with E-state index in [0.29, 0.717) is 0 Å². The van der Waals surface area contributed by atoms with Crippen molar-refractivity contribution in [3.8, 4) is 0 Å². The minimum atomic E-state index is -1.86. The summed E-state index contributed by atoms with van der Waals surface area (Å²) in [6.45, 7) is 4.48. The van der Waals surface area contributed by atoms with Crippen molar-refractivity contribution in [1.82, 2.24) is 0 Å². The number of hydrogen-bond donors (Lipinski definition) is 0. The lowest BCUT2D eigenvalue weighted by atomic mass is 9.77. The first kappa shape index (κ1) is 14.6. The van der Waals surface area contributed by atoms with Crippen molar-refractivity contribution in [2.24, 2.45) is 5.41 Å². The van der Waals surface area contributed by atoms with Crippen LogP contribution in [0, 0.1) is 5.41 Å². The molecule has 1 aliphatic rings. The average Bonchev–Trinajstić information content (AvgIpc) is 2.07. The van der Waals surface area contributed by atoms with Gasteiger partial charge in [0.2, 0.25) is 3.79 Å². The van der Waals surface area contributed by atoms with Crippen LogP contribution in [0.15, 0.2) is 0 Å². The summed E-state index contributed by atoms with van der Waals surface area (Å²) < 4.78 is 1.98. The maximum Gasteiger partial charge on any atom is 0.319 e. The molecular weight excluding hydrogens is 342 g/mol. The number of cyclic esters (lactones) is 1. The molecule has 1 rings (SSSR count). The number of ether oxygens (including phenoxy) is 1. The largest absolute Gasteiger partial charge is 0.455 e. The second kappa shape index (κ2) is 4.01. The Morgan fingerprint density at radius 2 is 1.69 bits per heavy atom. The first-order valence-corrected chi connectivity index (χ1v) is 6.36. The molecule has 0 saturated carbocycles. The lowest BCUT2D eigenvalue weighted by Gasteiger charge is -2.44. The Kier molecular flexibility index (Phi) is 3.64. The molecule has 0 radical (unpaired) electrons. The number of alkyl halides is 4. The van der Waals surface area contributed by atoms with Crippen molar-refractivity contribution in [2.45, 2.75) is 35.0 Å². The Balaban J connectivity index is 3.22. The second-order valence-corrected chi connectivity index (χ2v) is 8.37. The molecule has 16 heavy (non-hydrogen) atoms. The predicted molar refractivity (Wildman–Crippen MR) is 66.3 cm³/mol. The summed E-state index contributed by atoms with van der Waals surface area (Å²) in [7, 11) is 0. The van der Waals surface area contributed by atoms with Crippen molar-refractivity contribution in [2.75, 3.05) is 0 Å². The van der Waals surface area contributed by atoms with Gasteiger partial charge in [0.05, 0.1) is 0 Å². The molecule has 0 N–H and O–H groups in total. The monoisotopic (exact) mass is 350 g/mol. The van der Waals surface area contributed by atoms with E-state index >= 15 is 0 Å². The summed E-state index contributed by atoms with van der Waals surface area (Å²) in [6, 6.07) is 0. The smallest absolute Gasteiger partial charge is 0.319 e. The molecule has 3 nitrogen and oxygen atoms in total. The van der Waals surface area contributed by atoms with E-state index in [4.69, 9.17) is 39.5 Å². The van der Waals surface area contributed by atoms with Crippen molar-refractivity contribution in [3.05, 3.63) is 0 Å². The quantitative estimate of drug-likeness (QED) is 0.382. The predicted octanol–water partition coefficient (Wildman–Crippen LogP) is 3.03. The maximum atomic E-state index is 12.1. The van der Waals surface area contributed by atoms with Crippen LogP contribution in [0.4, 0.5) is 0 Å². The molecule has 0 spiro atoms. The second-order valence-electron chi connectivity index (χ2n) is 4.36. The van der Waals surface area contributed by atoms with Gasteiger partial charge in [0.25, 0.3) is 0 Å². The Morgan fingerprint density at radius 1 is 1.25 bits per heavy atom. The molecule has 2 atom stereocenters. The molecule has 0 aromatic heterocycles. The number of Topliss-reactive ketones (excluding diaryl/α,β-unsaturated/α-hetero) is 1. The van der Waals surface area contributed by atoms with E-state index in [1.165, 1.54) is 20.8 Å². The molecule has 92 valence electrons. The zero-order chi connectivity index (χ0) is 12.9. The van der Waals surface area contributed by atoms with Gasteiger partial charge in [-0.15, -0.1) is 0 Å². The number of rotatable bonds is 0. The molecule has 7 heteroatoms. The highest BCUT2D eigenvalue weighted by atomic mass is 79.9.